The zero-order valence-electron chi connectivity index (χ0n) is 12.9. The van der Waals surface area contributed by atoms with Crippen molar-refractivity contribution in [2.24, 2.45) is 5.92 Å². The van der Waals surface area contributed by atoms with E-state index in [1.54, 1.807) is 12.1 Å². The van der Waals surface area contributed by atoms with Crippen molar-refractivity contribution in [2.75, 3.05) is 17.2 Å². The largest absolute Gasteiger partial charge is 0.379 e. The number of hydrogen-bond donors (Lipinski definition) is 2. The summed E-state index contributed by atoms with van der Waals surface area (Å²) >= 11 is 0. The second-order valence-electron chi connectivity index (χ2n) is 5.86. The van der Waals surface area contributed by atoms with Crippen LogP contribution in [0.1, 0.15) is 46.0 Å². The first kappa shape index (κ1) is 15.6. The van der Waals surface area contributed by atoms with Crippen LogP contribution in [0.4, 0.5) is 17.1 Å². The van der Waals surface area contributed by atoms with Crippen LogP contribution in [0.3, 0.4) is 0 Å². The predicted molar refractivity (Wildman–Crippen MR) is 86.9 cm³/mol. The molecule has 1 aromatic carbocycles. The maximum atomic E-state index is 11.4. The minimum atomic E-state index is -0.290. The van der Waals surface area contributed by atoms with E-state index in [1.165, 1.54) is 25.7 Å². The van der Waals surface area contributed by atoms with Crippen molar-refractivity contribution in [3.63, 3.8) is 0 Å². The Morgan fingerprint density at radius 2 is 2.00 bits per heavy atom. The quantitative estimate of drug-likeness (QED) is 0.577. The van der Waals surface area contributed by atoms with Gasteiger partial charge in [0.1, 0.15) is 11.4 Å². The molecule has 1 unspecified atom stereocenters. The third-order valence-electron chi connectivity index (χ3n) is 4.27. The third kappa shape index (κ3) is 3.86. The number of nitro benzene ring substituents is 1. The lowest BCUT2D eigenvalue weighted by Gasteiger charge is -2.22. The maximum absolute atomic E-state index is 11.4. The van der Waals surface area contributed by atoms with Gasteiger partial charge in [0.15, 0.2) is 0 Å². The topological polar surface area (TPSA) is 67.2 Å². The highest BCUT2D eigenvalue weighted by molar-refractivity contribution is 5.76. The highest BCUT2D eigenvalue weighted by atomic mass is 16.6. The molecule has 1 saturated carbocycles. The van der Waals surface area contributed by atoms with Crippen LogP contribution in [0, 0.1) is 16.0 Å². The molecular weight excluding hydrogens is 266 g/mol. The standard InChI is InChI=1S/C16H25N3O2/c1-3-11-17-14-9-6-10-15(16(14)19(20)21)18-12(2)13-7-4-5-8-13/h6,9-10,12-13,17-18H,3-5,7-8,11H2,1-2H3. The number of benzene rings is 1. The molecule has 0 heterocycles. The Kier molecular flexibility index (Phi) is 5.42. The summed E-state index contributed by atoms with van der Waals surface area (Å²) in [7, 11) is 0. The lowest BCUT2D eigenvalue weighted by Crippen LogP contribution is -2.24. The zero-order valence-corrected chi connectivity index (χ0v) is 12.9. The van der Waals surface area contributed by atoms with Crippen LogP contribution in [0.15, 0.2) is 18.2 Å². The Morgan fingerprint density at radius 3 is 2.62 bits per heavy atom. The first-order valence-corrected chi connectivity index (χ1v) is 7.91. The van der Waals surface area contributed by atoms with Crippen LogP contribution in [-0.2, 0) is 0 Å². The van der Waals surface area contributed by atoms with Gasteiger partial charge in [0.2, 0.25) is 0 Å². The van der Waals surface area contributed by atoms with E-state index in [1.807, 2.05) is 13.0 Å². The Morgan fingerprint density at radius 1 is 1.33 bits per heavy atom. The third-order valence-corrected chi connectivity index (χ3v) is 4.27. The van der Waals surface area contributed by atoms with Crippen molar-refractivity contribution in [1.29, 1.82) is 0 Å². The zero-order chi connectivity index (χ0) is 15.2. The van der Waals surface area contributed by atoms with Crippen molar-refractivity contribution in [1.82, 2.24) is 0 Å². The van der Waals surface area contributed by atoms with E-state index in [4.69, 9.17) is 0 Å². The van der Waals surface area contributed by atoms with Gasteiger partial charge >= 0.3 is 5.69 Å². The lowest BCUT2D eigenvalue weighted by molar-refractivity contribution is -0.383. The number of nitrogens with one attached hydrogen (secondary N) is 2. The van der Waals surface area contributed by atoms with E-state index in [0.29, 0.717) is 17.3 Å². The number of anilines is 2. The van der Waals surface area contributed by atoms with Gasteiger partial charge in [-0.1, -0.05) is 25.8 Å². The summed E-state index contributed by atoms with van der Waals surface area (Å²) < 4.78 is 0. The molecule has 1 fully saturated rings. The van der Waals surface area contributed by atoms with Gasteiger partial charge in [0, 0.05) is 12.6 Å². The van der Waals surface area contributed by atoms with Gasteiger partial charge in [-0.15, -0.1) is 0 Å². The molecule has 5 nitrogen and oxygen atoms in total. The number of hydrogen-bond acceptors (Lipinski definition) is 4. The van der Waals surface area contributed by atoms with Gasteiger partial charge in [0.05, 0.1) is 4.92 Å². The summed E-state index contributed by atoms with van der Waals surface area (Å²) in [6.07, 6.45) is 5.92. The summed E-state index contributed by atoms with van der Waals surface area (Å²) in [6, 6.07) is 5.72. The lowest BCUT2D eigenvalue weighted by atomic mass is 9.99. The molecule has 2 N–H and O–H groups in total. The van der Waals surface area contributed by atoms with Gasteiger partial charge in [0.25, 0.3) is 0 Å². The molecule has 0 amide bonds. The molecule has 116 valence electrons. The van der Waals surface area contributed by atoms with Crippen molar-refractivity contribution in [3.05, 3.63) is 28.3 Å². The second kappa shape index (κ2) is 7.29. The molecule has 0 aromatic heterocycles. The van der Waals surface area contributed by atoms with Crippen molar-refractivity contribution in [3.8, 4) is 0 Å². The SMILES string of the molecule is CCCNc1cccc(NC(C)C2CCCC2)c1[N+](=O)[O-]. The van der Waals surface area contributed by atoms with E-state index in [2.05, 4.69) is 17.6 Å². The fourth-order valence-electron chi connectivity index (χ4n) is 3.08. The molecule has 5 heteroatoms. The molecule has 0 radical (unpaired) electrons. The molecule has 1 aromatic rings. The van der Waals surface area contributed by atoms with Gasteiger partial charge in [-0.05, 0) is 44.2 Å². The molecule has 0 bridgehead atoms. The summed E-state index contributed by atoms with van der Waals surface area (Å²) in [6.45, 7) is 4.91. The van der Waals surface area contributed by atoms with E-state index in [0.717, 1.165) is 13.0 Å². The molecule has 2 rings (SSSR count). The van der Waals surface area contributed by atoms with Gasteiger partial charge in [-0.2, -0.15) is 0 Å². The molecule has 1 aliphatic rings. The van der Waals surface area contributed by atoms with Crippen LogP contribution < -0.4 is 10.6 Å². The summed E-state index contributed by atoms with van der Waals surface area (Å²) in [4.78, 5) is 11.1. The van der Waals surface area contributed by atoms with E-state index in [-0.39, 0.29) is 16.7 Å². The smallest absolute Gasteiger partial charge is 0.315 e. The molecule has 1 atom stereocenters. The van der Waals surface area contributed by atoms with Crippen molar-refractivity contribution < 1.29 is 4.92 Å². The minimum absolute atomic E-state index is 0.163. The van der Waals surface area contributed by atoms with Crippen LogP contribution in [-0.4, -0.2) is 17.5 Å². The predicted octanol–water partition coefficient (Wildman–Crippen LogP) is 4.41. The second-order valence-corrected chi connectivity index (χ2v) is 5.86. The van der Waals surface area contributed by atoms with Crippen molar-refractivity contribution in [2.45, 2.75) is 52.0 Å². The molecule has 0 saturated heterocycles. The van der Waals surface area contributed by atoms with Crippen LogP contribution >= 0.6 is 0 Å². The molecule has 21 heavy (non-hydrogen) atoms. The molecular formula is C16H25N3O2. The van der Waals surface area contributed by atoms with Crippen molar-refractivity contribution >= 4 is 17.1 Å². The normalized spacial score (nSPS) is 16.7. The Balaban J connectivity index is 2.18. The first-order valence-electron chi connectivity index (χ1n) is 7.91. The Hall–Kier alpha value is -1.78. The van der Waals surface area contributed by atoms with E-state index >= 15 is 0 Å². The van der Waals surface area contributed by atoms with E-state index in [9.17, 15) is 10.1 Å². The molecule has 1 aliphatic carbocycles. The average molecular weight is 291 g/mol. The van der Waals surface area contributed by atoms with Gasteiger partial charge in [-0.25, -0.2) is 0 Å². The molecule has 0 spiro atoms. The monoisotopic (exact) mass is 291 g/mol. The van der Waals surface area contributed by atoms with Gasteiger partial charge in [-0.3, -0.25) is 10.1 Å². The highest BCUT2D eigenvalue weighted by Gasteiger charge is 2.25. The maximum Gasteiger partial charge on any atom is 0.315 e. The first-order chi connectivity index (χ1) is 10.1. The number of nitrogens with zero attached hydrogens (tertiary/aromatic N) is 1. The number of para-hydroxylation sites is 1. The number of rotatable bonds is 7. The summed E-state index contributed by atoms with van der Waals surface area (Å²) in [5.41, 5.74) is 1.39. The van der Waals surface area contributed by atoms with E-state index < -0.39 is 0 Å². The summed E-state index contributed by atoms with van der Waals surface area (Å²) in [5.74, 6) is 0.622. The Bertz CT molecular complexity index is 484. The fraction of sp³-hybridized carbons (Fsp3) is 0.625. The Labute approximate surface area is 126 Å². The summed E-state index contributed by atoms with van der Waals surface area (Å²) in [5, 5.41) is 17.9. The van der Waals surface area contributed by atoms with Crippen LogP contribution in [0.2, 0.25) is 0 Å². The fourth-order valence-corrected chi connectivity index (χ4v) is 3.08. The van der Waals surface area contributed by atoms with Crippen LogP contribution in [0.5, 0.6) is 0 Å². The molecule has 0 aliphatic heterocycles. The highest BCUT2D eigenvalue weighted by Crippen LogP contribution is 2.35. The minimum Gasteiger partial charge on any atom is -0.379 e. The van der Waals surface area contributed by atoms with Gasteiger partial charge < -0.3 is 10.6 Å². The average Bonchev–Trinajstić information content (AvgIpc) is 2.99. The van der Waals surface area contributed by atoms with Crippen LogP contribution in [0.25, 0.3) is 0 Å². The number of nitro groups is 1.